The summed E-state index contributed by atoms with van der Waals surface area (Å²) in [5.74, 6) is 1.14. The summed E-state index contributed by atoms with van der Waals surface area (Å²) in [6.45, 7) is 1.20. The lowest BCUT2D eigenvalue weighted by atomic mass is 9.97. The molecule has 2 aromatic rings. The second-order valence-corrected chi connectivity index (χ2v) is 6.32. The van der Waals surface area contributed by atoms with E-state index >= 15 is 0 Å². The number of likely N-dealkylation sites (tertiary alicyclic amines) is 1. The number of nitrogens with zero attached hydrogens (tertiary/aromatic N) is 3. The maximum atomic E-state index is 11.7. The van der Waals surface area contributed by atoms with Crippen molar-refractivity contribution < 1.29 is 9.32 Å². The number of hydrogen-bond acceptors (Lipinski definition) is 4. The van der Waals surface area contributed by atoms with Gasteiger partial charge in [-0.3, -0.25) is 4.79 Å². The number of amides is 1. The van der Waals surface area contributed by atoms with Crippen LogP contribution in [-0.2, 0) is 4.79 Å². The minimum absolute atomic E-state index is 0.165. The van der Waals surface area contributed by atoms with Crippen molar-refractivity contribution in [1.29, 1.82) is 0 Å². The number of halogens is 2. The molecule has 3 rings (SSSR count). The Bertz CT molecular complexity index is 637. The fourth-order valence-corrected chi connectivity index (χ4v) is 2.87. The molecule has 0 aliphatic carbocycles. The number of carbonyl (C=O) groups excluding carboxylic acids is 1. The normalized spacial score (nSPS) is 16.2. The molecular weight excluding hydrogens is 325 g/mol. The van der Waals surface area contributed by atoms with E-state index in [4.69, 9.17) is 27.7 Å². The van der Waals surface area contributed by atoms with Crippen molar-refractivity contribution in [2.45, 2.75) is 23.6 Å². The third-order valence-electron chi connectivity index (χ3n) is 3.82. The zero-order valence-electron chi connectivity index (χ0n) is 11.8. The summed E-state index contributed by atoms with van der Waals surface area (Å²) in [5.41, 5.74) is 0.928. The number of alkyl halides is 2. The monoisotopic (exact) mass is 339 g/mol. The molecule has 0 bridgehead atoms. The van der Waals surface area contributed by atoms with Gasteiger partial charge >= 0.3 is 0 Å². The Morgan fingerprint density at radius 2 is 1.91 bits per heavy atom. The van der Waals surface area contributed by atoms with E-state index in [0.29, 0.717) is 24.8 Å². The van der Waals surface area contributed by atoms with Crippen molar-refractivity contribution >= 4 is 29.1 Å². The third kappa shape index (κ3) is 3.25. The Morgan fingerprint density at radius 1 is 1.23 bits per heavy atom. The van der Waals surface area contributed by atoms with Gasteiger partial charge in [0, 0.05) is 24.6 Å². The summed E-state index contributed by atoms with van der Waals surface area (Å²) in [7, 11) is 0. The highest BCUT2D eigenvalue weighted by Crippen LogP contribution is 2.29. The quantitative estimate of drug-likeness (QED) is 0.805. The van der Waals surface area contributed by atoms with Gasteiger partial charge in [-0.1, -0.05) is 58.7 Å². The number of carbonyl (C=O) groups is 1. The molecule has 1 aromatic carbocycles. The molecule has 1 aliphatic rings. The maximum Gasteiger partial charge on any atom is 0.255 e. The SMILES string of the molecule is O=C(C(Cl)Cl)N1CCC(c2nc(-c3ccccc3)no2)CC1. The lowest BCUT2D eigenvalue weighted by Gasteiger charge is -2.30. The van der Waals surface area contributed by atoms with Crippen LogP contribution in [0, 0.1) is 0 Å². The van der Waals surface area contributed by atoms with E-state index in [2.05, 4.69) is 10.1 Å². The van der Waals surface area contributed by atoms with Crippen LogP contribution in [0.3, 0.4) is 0 Å². The molecule has 1 aliphatic heterocycles. The largest absolute Gasteiger partial charge is 0.340 e. The van der Waals surface area contributed by atoms with Crippen LogP contribution in [0.2, 0.25) is 0 Å². The van der Waals surface area contributed by atoms with Crippen molar-refractivity contribution in [2.75, 3.05) is 13.1 Å². The summed E-state index contributed by atoms with van der Waals surface area (Å²) >= 11 is 11.2. The Balaban J connectivity index is 1.65. The van der Waals surface area contributed by atoms with Gasteiger partial charge in [0.1, 0.15) is 0 Å². The fraction of sp³-hybridized carbons (Fsp3) is 0.400. The van der Waals surface area contributed by atoms with Gasteiger partial charge in [-0.05, 0) is 12.8 Å². The predicted molar refractivity (Wildman–Crippen MR) is 83.8 cm³/mol. The number of benzene rings is 1. The van der Waals surface area contributed by atoms with Crippen LogP contribution >= 0.6 is 23.2 Å². The van der Waals surface area contributed by atoms with Gasteiger partial charge in [0.25, 0.3) is 5.91 Å². The fourth-order valence-electron chi connectivity index (χ4n) is 2.59. The van der Waals surface area contributed by atoms with Crippen molar-refractivity contribution in [3.63, 3.8) is 0 Å². The van der Waals surface area contributed by atoms with E-state index < -0.39 is 4.84 Å². The molecule has 1 aromatic heterocycles. The highest BCUT2D eigenvalue weighted by Gasteiger charge is 2.29. The van der Waals surface area contributed by atoms with Crippen LogP contribution < -0.4 is 0 Å². The first-order valence-electron chi connectivity index (χ1n) is 7.11. The standard InChI is InChI=1S/C15H15Cl2N3O2/c16-12(17)15(21)20-8-6-11(7-9-20)14-18-13(19-22-14)10-4-2-1-3-5-10/h1-5,11-12H,6-9H2. The van der Waals surface area contributed by atoms with Crippen molar-refractivity contribution in [3.8, 4) is 11.4 Å². The molecule has 0 N–H and O–H groups in total. The van der Waals surface area contributed by atoms with E-state index in [1.165, 1.54) is 0 Å². The molecule has 0 unspecified atom stereocenters. The summed E-state index contributed by atoms with van der Waals surface area (Å²) < 4.78 is 5.39. The van der Waals surface area contributed by atoms with Crippen LogP contribution in [0.1, 0.15) is 24.7 Å². The Hall–Kier alpha value is -1.59. The van der Waals surface area contributed by atoms with Crippen LogP contribution in [0.4, 0.5) is 0 Å². The van der Waals surface area contributed by atoms with Gasteiger partial charge in [0.15, 0.2) is 4.84 Å². The van der Waals surface area contributed by atoms with Crippen LogP contribution in [0.25, 0.3) is 11.4 Å². The highest BCUT2D eigenvalue weighted by atomic mass is 35.5. The van der Waals surface area contributed by atoms with E-state index in [0.717, 1.165) is 18.4 Å². The van der Waals surface area contributed by atoms with Gasteiger partial charge in [-0.25, -0.2) is 0 Å². The van der Waals surface area contributed by atoms with Crippen LogP contribution in [0.5, 0.6) is 0 Å². The topological polar surface area (TPSA) is 59.2 Å². The average molecular weight is 340 g/mol. The third-order valence-corrected chi connectivity index (χ3v) is 4.19. The first-order valence-corrected chi connectivity index (χ1v) is 7.98. The van der Waals surface area contributed by atoms with E-state index in [1.807, 2.05) is 30.3 Å². The van der Waals surface area contributed by atoms with Gasteiger partial charge in [0.2, 0.25) is 11.7 Å². The number of piperidine rings is 1. The van der Waals surface area contributed by atoms with Crippen molar-refractivity contribution in [1.82, 2.24) is 15.0 Å². The molecule has 116 valence electrons. The van der Waals surface area contributed by atoms with E-state index in [1.54, 1.807) is 4.90 Å². The molecular formula is C15H15Cl2N3O2. The summed E-state index contributed by atoms with van der Waals surface area (Å²) in [4.78, 5) is 16.9. The first-order chi connectivity index (χ1) is 10.6. The second kappa shape index (κ2) is 6.67. The minimum Gasteiger partial charge on any atom is -0.340 e. The molecule has 0 saturated carbocycles. The first kappa shape index (κ1) is 15.3. The molecule has 2 heterocycles. The summed E-state index contributed by atoms with van der Waals surface area (Å²) in [5, 5.41) is 4.04. The smallest absolute Gasteiger partial charge is 0.255 e. The average Bonchev–Trinajstić information content (AvgIpc) is 3.05. The summed E-state index contributed by atoms with van der Waals surface area (Å²) in [6, 6.07) is 9.70. The molecule has 0 spiro atoms. The van der Waals surface area contributed by atoms with Crippen LogP contribution in [-0.4, -0.2) is 38.9 Å². The lowest BCUT2D eigenvalue weighted by molar-refractivity contribution is -0.130. The van der Waals surface area contributed by atoms with Crippen molar-refractivity contribution in [3.05, 3.63) is 36.2 Å². The Kier molecular flexibility index (Phi) is 4.64. The Morgan fingerprint density at radius 3 is 2.55 bits per heavy atom. The van der Waals surface area contributed by atoms with Gasteiger partial charge in [-0.2, -0.15) is 4.98 Å². The number of rotatable bonds is 3. The van der Waals surface area contributed by atoms with Gasteiger partial charge in [0.05, 0.1) is 0 Å². The zero-order valence-corrected chi connectivity index (χ0v) is 13.3. The van der Waals surface area contributed by atoms with E-state index in [-0.39, 0.29) is 11.8 Å². The predicted octanol–water partition coefficient (Wildman–Crippen LogP) is 3.25. The molecule has 1 fully saturated rings. The molecule has 1 amide bonds. The van der Waals surface area contributed by atoms with Crippen LogP contribution in [0.15, 0.2) is 34.9 Å². The van der Waals surface area contributed by atoms with E-state index in [9.17, 15) is 4.79 Å². The maximum absolute atomic E-state index is 11.7. The number of hydrogen-bond donors (Lipinski definition) is 0. The van der Waals surface area contributed by atoms with Gasteiger partial charge < -0.3 is 9.42 Å². The zero-order chi connectivity index (χ0) is 15.5. The molecule has 0 atom stereocenters. The molecule has 5 nitrogen and oxygen atoms in total. The summed E-state index contributed by atoms with van der Waals surface area (Å²) in [6.07, 6.45) is 1.53. The number of aromatic nitrogens is 2. The lowest BCUT2D eigenvalue weighted by Crippen LogP contribution is -2.40. The highest BCUT2D eigenvalue weighted by molar-refractivity contribution is 6.53. The molecule has 0 radical (unpaired) electrons. The second-order valence-electron chi connectivity index (χ2n) is 5.22. The minimum atomic E-state index is -0.996. The molecule has 7 heteroatoms. The molecule has 1 saturated heterocycles. The van der Waals surface area contributed by atoms with Gasteiger partial charge in [-0.15, -0.1) is 0 Å². The van der Waals surface area contributed by atoms with Crippen molar-refractivity contribution in [2.24, 2.45) is 0 Å². The molecule has 22 heavy (non-hydrogen) atoms. The Labute approximate surface area is 138 Å².